The van der Waals surface area contributed by atoms with Crippen molar-refractivity contribution in [3.63, 3.8) is 0 Å². The summed E-state index contributed by atoms with van der Waals surface area (Å²) < 4.78 is 43.3. The Morgan fingerprint density at radius 2 is 1.74 bits per heavy atom. The van der Waals surface area contributed by atoms with E-state index in [4.69, 9.17) is 16.2 Å². The van der Waals surface area contributed by atoms with Crippen LogP contribution in [0.25, 0.3) is 0 Å². The van der Waals surface area contributed by atoms with Gasteiger partial charge in [-0.3, -0.25) is 0 Å². The molecule has 0 spiro atoms. The normalized spacial score (nSPS) is 11.3. The lowest BCUT2D eigenvalue weighted by Gasteiger charge is -2.12. The molecule has 0 atom stereocenters. The Morgan fingerprint density at radius 1 is 1.05 bits per heavy atom. The van der Waals surface area contributed by atoms with Crippen LogP contribution >= 0.6 is 0 Å². The number of anilines is 2. The standard InChI is InChI=1S/C11H9F3N4O/c12-11(13,14)6-3-1-2-4-7(6)19-9-5-8(15)17-10(16)18-9/h1-5H,(H4,15,16,17,18). The van der Waals surface area contributed by atoms with E-state index in [1.807, 2.05) is 0 Å². The number of hydrogen-bond donors (Lipinski definition) is 2. The zero-order chi connectivity index (χ0) is 14.0. The molecule has 4 N–H and O–H groups in total. The minimum atomic E-state index is -4.53. The van der Waals surface area contributed by atoms with Crippen LogP contribution in [0.2, 0.25) is 0 Å². The van der Waals surface area contributed by atoms with E-state index in [1.165, 1.54) is 24.3 Å². The molecule has 0 bridgehead atoms. The number of benzene rings is 1. The van der Waals surface area contributed by atoms with Gasteiger partial charge in [0.25, 0.3) is 0 Å². The highest BCUT2D eigenvalue weighted by Gasteiger charge is 2.34. The van der Waals surface area contributed by atoms with Crippen LogP contribution in [0.4, 0.5) is 24.9 Å². The number of nitrogens with two attached hydrogens (primary N) is 2. The third kappa shape index (κ3) is 3.03. The number of hydrogen-bond acceptors (Lipinski definition) is 5. The van der Waals surface area contributed by atoms with Gasteiger partial charge in [-0.1, -0.05) is 12.1 Å². The molecule has 1 aromatic heterocycles. The summed E-state index contributed by atoms with van der Waals surface area (Å²) in [6.45, 7) is 0. The second-order valence-electron chi connectivity index (χ2n) is 3.59. The Labute approximate surface area is 106 Å². The minimum absolute atomic E-state index is 0.00647. The van der Waals surface area contributed by atoms with Gasteiger partial charge in [-0.25, -0.2) is 0 Å². The quantitative estimate of drug-likeness (QED) is 0.875. The van der Waals surface area contributed by atoms with E-state index in [1.54, 1.807) is 0 Å². The van der Waals surface area contributed by atoms with Crippen LogP contribution in [0.15, 0.2) is 30.3 Å². The van der Waals surface area contributed by atoms with Gasteiger partial charge in [0.2, 0.25) is 11.8 Å². The number of para-hydroxylation sites is 1. The molecule has 0 fully saturated rings. The van der Waals surface area contributed by atoms with E-state index in [-0.39, 0.29) is 23.4 Å². The van der Waals surface area contributed by atoms with Crippen molar-refractivity contribution in [1.82, 2.24) is 9.97 Å². The first-order valence-corrected chi connectivity index (χ1v) is 5.10. The Morgan fingerprint density at radius 3 is 2.37 bits per heavy atom. The largest absolute Gasteiger partial charge is 0.438 e. The molecule has 100 valence electrons. The van der Waals surface area contributed by atoms with Gasteiger partial charge < -0.3 is 16.2 Å². The number of ether oxygens (including phenoxy) is 1. The first kappa shape index (κ1) is 12.9. The first-order chi connectivity index (χ1) is 8.86. The highest BCUT2D eigenvalue weighted by Crippen LogP contribution is 2.37. The molecule has 0 radical (unpaired) electrons. The molecule has 0 saturated carbocycles. The molecule has 19 heavy (non-hydrogen) atoms. The third-order valence-electron chi connectivity index (χ3n) is 2.15. The smallest absolute Gasteiger partial charge is 0.419 e. The molecule has 0 saturated heterocycles. The van der Waals surface area contributed by atoms with Gasteiger partial charge in [0.1, 0.15) is 11.6 Å². The molecule has 2 rings (SSSR count). The summed E-state index contributed by atoms with van der Waals surface area (Å²) >= 11 is 0. The minimum Gasteiger partial charge on any atom is -0.438 e. The van der Waals surface area contributed by atoms with Crippen LogP contribution in [0.3, 0.4) is 0 Å². The maximum Gasteiger partial charge on any atom is 0.419 e. The predicted octanol–water partition coefficient (Wildman–Crippen LogP) is 2.45. The molecule has 0 unspecified atom stereocenters. The second-order valence-corrected chi connectivity index (χ2v) is 3.59. The molecule has 1 aromatic carbocycles. The molecule has 0 amide bonds. The Bertz CT molecular complexity index is 580. The molecular weight excluding hydrogens is 261 g/mol. The summed E-state index contributed by atoms with van der Waals surface area (Å²) in [6, 6.07) is 5.95. The lowest BCUT2D eigenvalue weighted by Crippen LogP contribution is -2.07. The van der Waals surface area contributed by atoms with Crippen LogP contribution in [-0.2, 0) is 6.18 Å². The van der Waals surface area contributed by atoms with E-state index < -0.39 is 11.7 Å². The van der Waals surface area contributed by atoms with E-state index in [2.05, 4.69) is 9.97 Å². The Kier molecular flexibility index (Phi) is 3.16. The fourth-order valence-corrected chi connectivity index (χ4v) is 1.42. The maximum atomic E-state index is 12.7. The molecule has 0 aliphatic heterocycles. The van der Waals surface area contributed by atoms with Crippen molar-refractivity contribution in [2.45, 2.75) is 6.18 Å². The van der Waals surface area contributed by atoms with E-state index >= 15 is 0 Å². The van der Waals surface area contributed by atoms with Crippen LogP contribution in [0, 0.1) is 0 Å². The first-order valence-electron chi connectivity index (χ1n) is 5.10. The summed E-state index contributed by atoms with van der Waals surface area (Å²) in [5, 5.41) is 0. The molecule has 0 aliphatic carbocycles. The van der Waals surface area contributed by atoms with Gasteiger partial charge in [-0.05, 0) is 12.1 Å². The summed E-state index contributed by atoms with van der Waals surface area (Å²) in [4.78, 5) is 7.24. The predicted molar refractivity (Wildman–Crippen MR) is 62.4 cm³/mol. The third-order valence-corrected chi connectivity index (χ3v) is 2.15. The summed E-state index contributed by atoms with van der Waals surface area (Å²) in [6.07, 6.45) is -4.53. The molecule has 5 nitrogen and oxygen atoms in total. The van der Waals surface area contributed by atoms with E-state index in [0.29, 0.717) is 0 Å². The summed E-state index contributed by atoms with van der Waals surface area (Å²) in [5.41, 5.74) is 9.82. The van der Waals surface area contributed by atoms with Gasteiger partial charge in [0.05, 0.1) is 5.56 Å². The van der Waals surface area contributed by atoms with Crippen LogP contribution in [0.5, 0.6) is 11.6 Å². The summed E-state index contributed by atoms with van der Waals surface area (Å²) in [5.74, 6) is -0.708. The van der Waals surface area contributed by atoms with Crippen molar-refractivity contribution >= 4 is 11.8 Å². The molecule has 8 heteroatoms. The second kappa shape index (κ2) is 4.63. The maximum absolute atomic E-state index is 12.7. The molecule has 1 heterocycles. The Balaban J connectivity index is 2.38. The van der Waals surface area contributed by atoms with Gasteiger partial charge in [0, 0.05) is 6.07 Å². The molecule has 0 aliphatic rings. The SMILES string of the molecule is Nc1cc(Oc2ccccc2C(F)(F)F)nc(N)n1. The fourth-order valence-electron chi connectivity index (χ4n) is 1.42. The topological polar surface area (TPSA) is 87.0 Å². The number of nitrogens with zero attached hydrogens (tertiary/aromatic N) is 2. The fraction of sp³-hybridized carbons (Fsp3) is 0.0909. The van der Waals surface area contributed by atoms with Crippen molar-refractivity contribution in [1.29, 1.82) is 0 Å². The van der Waals surface area contributed by atoms with E-state index in [9.17, 15) is 13.2 Å². The van der Waals surface area contributed by atoms with Crippen molar-refractivity contribution in [2.75, 3.05) is 11.5 Å². The molecule has 2 aromatic rings. The zero-order valence-electron chi connectivity index (χ0n) is 9.48. The lowest BCUT2D eigenvalue weighted by molar-refractivity contribution is -0.138. The van der Waals surface area contributed by atoms with Crippen LogP contribution in [0.1, 0.15) is 5.56 Å². The van der Waals surface area contributed by atoms with Crippen LogP contribution < -0.4 is 16.2 Å². The van der Waals surface area contributed by atoms with Crippen molar-refractivity contribution in [3.8, 4) is 11.6 Å². The van der Waals surface area contributed by atoms with Gasteiger partial charge in [0.15, 0.2) is 0 Å². The van der Waals surface area contributed by atoms with Gasteiger partial charge in [-0.2, -0.15) is 23.1 Å². The van der Waals surface area contributed by atoms with Crippen molar-refractivity contribution in [2.24, 2.45) is 0 Å². The number of nitrogen functional groups attached to an aromatic ring is 2. The summed E-state index contributed by atoms with van der Waals surface area (Å²) in [7, 11) is 0. The number of halogens is 3. The van der Waals surface area contributed by atoms with E-state index in [0.717, 1.165) is 6.07 Å². The van der Waals surface area contributed by atoms with Gasteiger partial charge in [-0.15, -0.1) is 0 Å². The Hall–Kier alpha value is -2.51. The van der Waals surface area contributed by atoms with Gasteiger partial charge >= 0.3 is 6.18 Å². The highest BCUT2D eigenvalue weighted by atomic mass is 19.4. The van der Waals surface area contributed by atoms with Crippen molar-refractivity contribution in [3.05, 3.63) is 35.9 Å². The number of rotatable bonds is 2. The number of alkyl halides is 3. The monoisotopic (exact) mass is 270 g/mol. The number of aromatic nitrogens is 2. The average molecular weight is 270 g/mol. The highest BCUT2D eigenvalue weighted by molar-refractivity contribution is 5.42. The van der Waals surface area contributed by atoms with Crippen LogP contribution in [-0.4, -0.2) is 9.97 Å². The lowest BCUT2D eigenvalue weighted by atomic mass is 10.2. The molecular formula is C11H9F3N4O. The average Bonchev–Trinajstić information content (AvgIpc) is 2.26. The van der Waals surface area contributed by atoms with Crippen molar-refractivity contribution < 1.29 is 17.9 Å². The zero-order valence-corrected chi connectivity index (χ0v) is 9.48.